The minimum absolute atomic E-state index is 0.0313. The molecular formula is C11H17N3O2. The highest BCUT2D eigenvalue weighted by Gasteiger charge is 2.54. The summed E-state index contributed by atoms with van der Waals surface area (Å²) in [4.78, 5) is 29.5. The first-order chi connectivity index (χ1) is 7.63. The maximum atomic E-state index is 12.1. The molecule has 0 N–H and O–H groups in total. The van der Waals surface area contributed by atoms with Crippen LogP contribution in [0.15, 0.2) is 0 Å². The molecule has 0 unspecified atom stereocenters. The highest BCUT2D eigenvalue weighted by atomic mass is 16.2. The van der Waals surface area contributed by atoms with E-state index in [1.165, 1.54) is 0 Å². The Morgan fingerprint density at radius 2 is 2.06 bits per heavy atom. The van der Waals surface area contributed by atoms with Gasteiger partial charge in [0.15, 0.2) is 0 Å². The molecule has 16 heavy (non-hydrogen) atoms. The van der Waals surface area contributed by atoms with Crippen LogP contribution in [0.4, 0.5) is 4.79 Å². The number of carbonyl (C=O) groups excluding carboxylic acids is 2. The molecule has 0 aromatic heterocycles. The SMILES string of the molecule is CCN1C[C@@H]2C[C@@H]3CN(C(=O)N3C)[C@@H]2C1=O. The number of rotatable bonds is 1. The van der Waals surface area contributed by atoms with Crippen LogP contribution < -0.4 is 0 Å². The lowest BCUT2D eigenvalue weighted by atomic mass is 9.90. The number of hydrogen-bond acceptors (Lipinski definition) is 2. The van der Waals surface area contributed by atoms with Crippen LogP contribution in [0.25, 0.3) is 0 Å². The molecule has 88 valence electrons. The fraction of sp³-hybridized carbons (Fsp3) is 0.818. The Hall–Kier alpha value is -1.26. The maximum absolute atomic E-state index is 12.1. The van der Waals surface area contributed by atoms with E-state index < -0.39 is 0 Å². The van der Waals surface area contributed by atoms with Crippen molar-refractivity contribution in [3.05, 3.63) is 0 Å². The zero-order valence-electron chi connectivity index (χ0n) is 9.72. The molecule has 0 saturated carbocycles. The molecule has 0 aromatic rings. The zero-order valence-corrected chi connectivity index (χ0v) is 9.72. The van der Waals surface area contributed by atoms with Gasteiger partial charge in [-0.05, 0) is 13.3 Å². The van der Waals surface area contributed by atoms with Gasteiger partial charge in [-0.3, -0.25) is 4.79 Å². The maximum Gasteiger partial charge on any atom is 0.320 e. The molecule has 3 aliphatic rings. The first-order valence-electron chi connectivity index (χ1n) is 5.95. The monoisotopic (exact) mass is 223 g/mol. The molecule has 3 saturated heterocycles. The molecule has 0 aromatic carbocycles. The molecule has 0 aliphatic carbocycles. The molecule has 3 fully saturated rings. The predicted octanol–water partition coefficient (Wildman–Crippen LogP) is -0.0270. The minimum atomic E-state index is -0.173. The second kappa shape index (κ2) is 3.12. The lowest BCUT2D eigenvalue weighted by molar-refractivity contribution is -0.131. The number of likely N-dealkylation sites (tertiary alicyclic amines) is 1. The van der Waals surface area contributed by atoms with E-state index in [0.29, 0.717) is 12.0 Å². The molecule has 5 nitrogen and oxygen atoms in total. The lowest BCUT2D eigenvalue weighted by Crippen LogP contribution is -2.48. The van der Waals surface area contributed by atoms with Gasteiger partial charge in [-0.15, -0.1) is 0 Å². The summed E-state index contributed by atoms with van der Waals surface area (Å²) in [5.41, 5.74) is 0. The van der Waals surface area contributed by atoms with E-state index in [-0.39, 0.29) is 18.0 Å². The Morgan fingerprint density at radius 3 is 2.75 bits per heavy atom. The normalized spacial score (nSPS) is 37.4. The molecular weight excluding hydrogens is 206 g/mol. The zero-order chi connectivity index (χ0) is 11.4. The summed E-state index contributed by atoms with van der Waals surface area (Å²) >= 11 is 0. The van der Waals surface area contributed by atoms with E-state index in [1.54, 1.807) is 9.80 Å². The number of amides is 3. The first-order valence-corrected chi connectivity index (χ1v) is 5.95. The number of fused-ring (bicyclic) bond motifs is 4. The van der Waals surface area contributed by atoms with E-state index in [4.69, 9.17) is 0 Å². The highest BCUT2D eigenvalue weighted by molar-refractivity contribution is 5.90. The topological polar surface area (TPSA) is 43.9 Å². The molecule has 5 heteroatoms. The van der Waals surface area contributed by atoms with Crippen LogP contribution >= 0.6 is 0 Å². The molecule has 3 amide bonds. The van der Waals surface area contributed by atoms with Gasteiger partial charge < -0.3 is 14.7 Å². The average Bonchev–Trinajstić information content (AvgIpc) is 2.72. The van der Waals surface area contributed by atoms with Crippen molar-refractivity contribution in [2.45, 2.75) is 25.4 Å². The van der Waals surface area contributed by atoms with Crippen molar-refractivity contribution < 1.29 is 9.59 Å². The van der Waals surface area contributed by atoms with Crippen LogP contribution in [-0.2, 0) is 4.79 Å². The van der Waals surface area contributed by atoms with Crippen LogP contribution in [0.3, 0.4) is 0 Å². The molecule has 0 spiro atoms. The summed E-state index contributed by atoms with van der Waals surface area (Å²) in [6.45, 7) is 4.32. The van der Waals surface area contributed by atoms with Crippen LogP contribution in [-0.4, -0.2) is 65.4 Å². The van der Waals surface area contributed by atoms with E-state index in [9.17, 15) is 9.59 Å². The number of piperidine rings is 1. The number of nitrogens with zero attached hydrogens (tertiary/aromatic N) is 3. The van der Waals surface area contributed by atoms with Crippen molar-refractivity contribution >= 4 is 11.9 Å². The van der Waals surface area contributed by atoms with Gasteiger partial charge in [0.2, 0.25) is 5.91 Å². The van der Waals surface area contributed by atoms with Crippen LogP contribution in [0.1, 0.15) is 13.3 Å². The summed E-state index contributed by atoms with van der Waals surface area (Å²) in [6, 6.07) is 0.177. The van der Waals surface area contributed by atoms with E-state index in [0.717, 1.165) is 26.1 Å². The smallest absolute Gasteiger partial charge is 0.320 e. The Balaban J connectivity index is 1.91. The molecule has 3 heterocycles. The highest BCUT2D eigenvalue weighted by Crippen LogP contribution is 2.37. The Morgan fingerprint density at radius 1 is 1.31 bits per heavy atom. The third-order valence-corrected chi connectivity index (χ3v) is 4.26. The number of hydrogen-bond donors (Lipinski definition) is 0. The third-order valence-electron chi connectivity index (χ3n) is 4.26. The molecule has 3 aliphatic heterocycles. The summed E-state index contributed by atoms with van der Waals surface area (Å²) in [6.07, 6.45) is 0.978. The van der Waals surface area contributed by atoms with E-state index in [1.807, 2.05) is 18.9 Å². The second-order valence-corrected chi connectivity index (χ2v) is 5.02. The number of carbonyl (C=O) groups is 2. The second-order valence-electron chi connectivity index (χ2n) is 5.02. The Labute approximate surface area is 95.0 Å². The van der Waals surface area contributed by atoms with Gasteiger partial charge in [-0.25, -0.2) is 4.79 Å². The van der Waals surface area contributed by atoms with Gasteiger partial charge in [0.25, 0.3) is 0 Å². The summed E-state index contributed by atoms with van der Waals surface area (Å²) in [5.74, 6) is 0.495. The van der Waals surface area contributed by atoms with Crippen molar-refractivity contribution in [3.8, 4) is 0 Å². The van der Waals surface area contributed by atoms with Crippen molar-refractivity contribution in [1.82, 2.24) is 14.7 Å². The van der Waals surface area contributed by atoms with Crippen molar-refractivity contribution in [3.63, 3.8) is 0 Å². The van der Waals surface area contributed by atoms with Crippen LogP contribution in [0, 0.1) is 5.92 Å². The standard InChI is InChI=1S/C11H17N3O2/c1-3-13-5-7-4-8-6-14(9(7)10(13)15)11(16)12(8)2/h7-9H,3-6H2,1-2H3/t7-,8+,9-/m0/s1. The largest absolute Gasteiger partial charge is 0.341 e. The van der Waals surface area contributed by atoms with E-state index >= 15 is 0 Å². The van der Waals surface area contributed by atoms with Crippen molar-refractivity contribution in [2.24, 2.45) is 5.92 Å². The molecule has 2 bridgehead atoms. The van der Waals surface area contributed by atoms with Crippen molar-refractivity contribution in [2.75, 3.05) is 26.7 Å². The quantitative estimate of drug-likeness (QED) is 0.626. The number of urea groups is 1. The summed E-state index contributed by atoms with van der Waals surface area (Å²) < 4.78 is 0. The van der Waals surface area contributed by atoms with Gasteiger partial charge in [0.05, 0.1) is 6.04 Å². The van der Waals surface area contributed by atoms with E-state index in [2.05, 4.69) is 0 Å². The predicted molar refractivity (Wildman–Crippen MR) is 57.8 cm³/mol. The van der Waals surface area contributed by atoms with Gasteiger partial charge >= 0.3 is 6.03 Å². The van der Waals surface area contributed by atoms with Crippen molar-refractivity contribution in [1.29, 1.82) is 0 Å². The summed E-state index contributed by atoms with van der Waals surface area (Å²) in [7, 11) is 1.84. The lowest BCUT2D eigenvalue weighted by Gasteiger charge is -2.30. The van der Waals surface area contributed by atoms with Gasteiger partial charge in [0, 0.05) is 32.6 Å². The first kappa shape index (κ1) is 9.93. The fourth-order valence-electron chi connectivity index (χ4n) is 3.34. The molecule has 3 rings (SSSR count). The molecule has 3 atom stereocenters. The average molecular weight is 223 g/mol. The minimum Gasteiger partial charge on any atom is -0.341 e. The Kier molecular flexibility index (Phi) is 1.94. The van der Waals surface area contributed by atoms with Gasteiger partial charge in [-0.2, -0.15) is 0 Å². The van der Waals surface area contributed by atoms with Gasteiger partial charge in [-0.1, -0.05) is 0 Å². The number of likely N-dealkylation sites (N-methyl/N-ethyl adjacent to an activating group) is 2. The fourth-order valence-corrected chi connectivity index (χ4v) is 3.34. The van der Waals surface area contributed by atoms with Crippen LogP contribution in [0.5, 0.6) is 0 Å². The van der Waals surface area contributed by atoms with Gasteiger partial charge in [0.1, 0.15) is 6.04 Å². The Bertz CT molecular complexity index is 357. The molecule has 0 radical (unpaired) electrons. The summed E-state index contributed by atoms with van der Waals surface area (Å²) in [5, 5.41) is 0. The van der Waals surface area contributed by atoms with Crippen LogP contribution in [0.2, 0.25) is 0 Å². The third kappa shape index (κ3) is 1.06.